The van der Waals surface area contributed by atoms with E-state index in [1.165, 1.54) is 0 Å². The average molecular weight is 292 g/mol. The lowest BCUT2D eigenvalue weighted by atomic mass is 9.69. The molecule has 0 spiro atoms. The van der Waals surface area contributed by atoms with Gasteiger partial charge in [0.25, 0.3) is 0 Å². The van der Waals surface area contributed by atoms with Gasteiger partial charge in [-0.05, 0) is 54.9 Å². The molecule has 0 amide bonds. The highest BCUT2D eigenvalue weighted by Gasteiger charge is 2.37. The molecule has 1 saturated carbocycles. The molecule has 1 aliphatic rings. The lowest BCUT2D eigenvalue weighted by Gasteiger charge is -2.39. The summed E-state index contributed by atoms with van der Waals surface area (Å²) in [5.41, 5.74) is 0.266. The van der Waals surface area contributed by atoms with Gasteiger partial charge in [0.15, 0.2) is 0 Å². The van der Waals surface area contributed by atoms with Gasteiger partial charge >= 0.3 is 0 Å². The summed E-state index contributed by atoms with van der Waals surface area (Å²) in [7, 11) is 0. The molecule has 1 aliphatic carbocycles. The average Bonchev–Trinajstić information content (AvgIpc) is 2.40. The largest absolute Gasteiger partial charge is 0.489 e. The maximum atomic E-state index is 9.32. The van der Waals surface area contributed by atoms with Crippen molar-refractivity contribution in [3.63, 3.8) is 0 Å². The molecular formula is C17H22ClNO. The van der Waals surface area contributed by atoms with Gasteiger partial charge < -0.3 is 4.74 Å². The van der Waals surface area contributed by atoms with Crippen molar-refractivity contribution in [3.8, 4) is 11.8 Å². The number of benzene rings is 1. The Morgan fingerprint density at radius 3 is 2.40 bits per heavy atom. The van der Waals surface area contributed by atoms with Crippen molar-refractivity contribution in [1.29, 1.82) is 5.26 Å². The van der Waals surface area contributed by atoms with Crippen molar-refractivity contribution in [2.45, 2.75) is 46.1 Å². The van der Waals surface area contributed by atoms with Crippen LogP contribution in [0, 0.1) is 28.6 Å². The van der Waals surface area contributed by atoms with Crippen LogP contribution in [0.5, 0.6) is 5.75 Å². The van der Waals surface area contributed by atoms with E-state index < -0.39 is 0 Å². The summed E-state index contributed by atoms with van der Waals surface area (Å²) in [5, 5.41) is 10.0. The van der Waals surface area contributed by atoms with Gasteiger partial charge in [0.2, 0.25) is 0 Å². The first-order valence-electron chi connectivity index (χ1n) is 7.22. The van der Waals surface area contributed by atoms with Crippen LogP contribution in [0.3, 0.4) is 0 Å². The van der Waals surface area contributed by atoms with E-state index in [-0.39, 0.29) is 17.4 Å². The number of rotatable bonds is 2. The molecule has 0 N–H and O–H groups in total. The fraction of sp³-hybridized carbons (Fsp3) is 0.588. The van der Waals surface area contributed by atoms with E-state index in [1.54, 1.807) is 0 Å². The van der Waals surface area contributed by atoms with Gasteiger partial charge in [-0.1, -0.05) is 32.4 Å². The monoisotopic (exact) mass is 291 g/mol. The predicted octanol–water partition coefficient (Wildman–Crippen LogP) is 5.07. The standard InChI is InChI=1S/C17H22ClNO/c1-17(2,3)13-5-4-12(11-19)16(10-13)20-15-8-6-14(18)7-9-15/h6-9,12-13,16H,4-5,10H2,1-3H3. The van der Waals surface area contributed by atoms with Crippen molar-refractivity contribution in [3.05, 3.63) is 29.3 Å². The third-order valence-electron chi connectivity index (χ3n) is 4.28. The van der Waals surface area contributed by atoms with E-state index in [1.807, 2.05) is 24.3 Å². The predicted molar refractivity (Wildman–Crippen MR) is 81.8 cm³/mol. The summed E-state index contributed by atoms with van der Waals surface area (Å²) >= 11 is 5.89. The number of nitriles is 1. The van der Waals surface area contributed by atoms with Crippen LogP contribution in [-0.2, 0) is 0 Å². The lowest BCUT2D eigenvalue weighted by Crippen LogP contribution is -2.37. The number of hydrogen-bond acceptors (Lipinski definition) is 2. The molecule has 2 nitrogen and oxygen atoms in total. The number of hydrogen-bond donors (Lipinski definition) is 0. The molecular weight excluding hydrogens is 270 g/mol. The van der Waals surface area contributed by atoms with E-state index >= 15 is 0 Å². The summed E-state index contributed by atoms with van der Waals surface area (Å²) in [5.74, 6) is 1.39. The second kappa shape index (κ2) is 6.06. The Kier molecular flexibility index (Phi) is 4.60. The zero-order valence-corrected chi connectivity index (χ0v) is 13.2. The smallest absolute Gasteiger partial charge is 0.119 e. The number of ether oxygens (including phenoxy) is 1. The molecule has 108 valence electrons. The van der Waals surface area contributed by atoms with Crippen molar-refractivity contribution < 1.29 is 4.74 Å². The van der Waals surface area contributed by atoms with Gasteiger partial charge in [-0.15, -0.1) is 0 Å². The Morgan fingerprint density at radius 2 is 1.85 bits per heavy atom. The first-order valence-corrected chi connectivity index (χ1v) is 7.60. The first-order chi connectivity index (χ1) is 9.40. The SMILES string of the molecule is CC(C)(C)C1CCC(C#N)C(Oc2ccc(Cl)cc2)C1. The highest BCUT2D eigenvalue weighted by Crippen LogP contribution is 2.41. The molecule has 1 aromatic rings. The summed E-state index contributed by atoms with van der Waals surface area (Å²) < 4.78 is 6.06. The molecule has 2 rings (SSSR count). The Morgan fingerprint density at radius 1 is 1.20 bits per heavy atom. The highest BCUT2D eigenvalue weighted by molar-refractivity contribution is 6.30. The minimum atomic E-state index is -0.0147. The maximum absolute atomic E-state index is 9.32. The number of halogens is 1. The van der Waals surface area contributed by atoms with Gasteiger partial charge in [-0.2, -0.15) is 5.26 Å². The van der Waals surface area contributed by atoms with Crippen LogP contribution in [0.25, 0.3) is 0 Å². The summed E-state index contributed by atoms with van der Waals surface area (Å²) in [6.07, 6.45) is 2.97. The molecule has 3 atom stereocenters. The van der Waals surface area contributed by atoms with Crippen molar-refractivity contribution in [1.82, 2.24) is 0 Å². The Hall–Kier alpha value is -1.20. The van der Waals surface area contributed by atoms with Gasteiger partial charge in [0, 0.05) is 5.02 Å². The Bertz CT molecular complexity index is 483. The van der Waals surface area contributed by atoms with Crippen LogP contribution >= 0.6 is 11.6 Å². The fourth-order valence-corrected chi connectivity index (χ4v) is 3.01. The second-order valence-corrected chi connectivity index (χ2v) is 7.16. The van der Waals surface area contributed by atoms with Crippen LogP contribution in [0.15, 0.2) is 24.3 Å². The third-order valence-corrected chi connectivity index (χ3v) is 4.54. The van der Waals surface area contributed by atoms with E-state index in [2.05, 4.69) is 26.8 Å². The van der Waals surface area contributed by atoms with Crippen LogP contribution in [0.2, 0.25) is 5.02 Å². The molecule has 3 heteroatoms. The van der Waals surface area contributed by atoms with Crippen LogP contribution in [0.4, 0.5) is 0 Å². The van der Waals surface area contributed by atoms with Crippen molar-refractivity contribution in [2.75, 3.05) is 0 Å². The molecule has 0 saturated heterocycles. The molecule has 0 aliphatic heterocycles. The highest BCUT2D eigenvalue weighted by atomic mass is 35.5. The zero-order valence-electron chi connectivity index (χ0n) is 12.4. The van der Waals surface area contributed by atoms with Crippen LogP contribution < -0.4 is 4.74 Å². The summed E-state index contributed by atoms with van der Waals surface area (Å²) in [6, 6.07) is 9.80. The van der Waals surface area contributed by atoms with Gasteiger partial charge in [0.05, 0.1) is 12.0 Å². The van der Waals surface area contributed by atoms with E-state index in [0.717, 1.165) is 25.0 Å². The second-order valence-electron chi connectivity index (χ2n) is 6.72. The molecule has 1 aromatic carbocycles. The normalized spacial score (nSPS) is 26.9. The van der Waals surface area contributed by atoms with E-state index in [0.29, 0.717) is 10.9 Å². The van der Waals surface area contributed by atoms with E-state index in [9.17, 15) is 5.26 Å². The van der Waals surface area contributed by atoms with Crippen LogP contribution in [-0.4, -0.2) is 6.10 Å². The molecule has 20 heavy (non-hydrogen) atoms. The zero-order chi connectivity index (χ0) is 14.8. The van der Waals surface area contributed by atoms with Gasteiger partial charge in [0.1, 0.15) is 11.9 Å². The first kappa shape index (κ1) is 15.2. The minimum absolute atomic E-state index is 0.00993. The molecule has 0 radical (unpaired) electrons. The summed E-state index contributed by atoms with van der Waals surface area (Å²) in [4.78, 5) is 0. The Labute approximate surface area is 126 Å². The number of nitrogens with zero attached hydrogens (tertiary/aromatic N) is 1. The molecule has 3 unspecified atom stereocenters. The maximum Gasteiger partial charge on any atom is 0.119 e. The topological polar surface area (TPSA) is 33.0 Å². The minimum Gasteiger partial charge on any atom is -0.489 e. The van der Waals surface area contributed by atoms with Crippen molar-refractivity contribution in [2.24, 2.45) is 17.3 Å². The summed E-state index contributed by atoms with van der Waals surface area (Å²) in [6.45, 7) is 6.80. The molecule has 1 fully saturated rings. The van der Waals surface area contributed by atoms with E-state index in [4.69, 9.17) is 16.3 Å². The van der Waals surface area contributed by atoms with Gasteiger partial charge in [-0.25, -0.2) is 0 Å². The molecule has 0 aromatic heterocycles. The van der Waals surface area contributed by atoms with Crippen molar-refractivity contribution >= 4 is 11.6 Å². The third kappa shape index (κ3) is 3.67. The quantitative estimate of drug-likeness (QED) is 0.762. The van der Waals surface area contributed by atoms with Gasteiger partial charge in [-0.3, -0.25) is 0 Å². The molecule has 0 bridgehead atoms. The molecule has 0 heterocycles. The Balaban J connectivity index is 2.09. The fourth-order valence-electron chi connectivity index (χ4n) is 2.88. The van der Waals surface area contributed by atoms with Crippen LogP contribution in [0.1, 0.15) is 40.0 Å². The lowest BCUT2D eigenvalue weighted by molar-refractivity contribution is 0.0493.